The van der Waals surface area contributed by atoms with Gasteiger partial charge in [0.2, 0.25) is 11.3 Å². The lowest BCUT2D eigenvalue weighted by Crippen LogP contribution is -2.42. The quantitative estimate of drug-likeness (QED) is 0.0459. The Balaban J connectivity index is 1.30. The van der Waals surface area contributed by atoms with Gasteiger partial charge in [-0.05, 0) is 19.2 Å². The number of anilines is 2. The molecule has 1 atom stereocenters. The van der Waals surface area contributed by atoms with Crippen LogP contribution in [0.3, 0.4) is 0 Å². The zero-order valence-corrected chi connectivity index (χ0v) is 36.2. The molecule has 2 fully saturated rings. The summed E-state index contributed by atoms with van der Waals surface area (Å²) in [7, 11) is 4.26. The summed E-state index contributed by atoms with van der Waals surface area (Å²) in [4.78, 5) is 73.7. The van der Waals surface area contributed by atoms with E-state index in [9.17, 15) is 24.3 Å². The maximum atomic E-state index is 15.0. The van der Waals surface area contributed by atoms with E-state index < -0.39 is 28.5 Å². The van der Waals surface area contributed by atoms with E-state index in [2.05, 4.69) is 25.8 Å². The van der Waals surface area contributed by atoms with Crippen LogP contribution in [-0.2, 0) is 28.6 Å². The van der Waals surface area contributed by atoms with Crippen molar-refractivity contribution in [3.05, 3.63) is 49.3 Å². The van der Waals surface area contributed by atoms with Crippen molar-refractivity contribution in [1.29, 1.82) is 0 Å². The number of ketones is 1. The number of nitrogens with one attached hydrogen (secondary N) is 3. The highest BCUT2D eigenvalue weighted by Crippen LogP contribution is 2.56. The molecule has 1 amide bonds. The van der Waals surface area contributed by atoms with E-state index in [1.54, 1.807) is 19.1 Å². The first-order chi connectivity index (χ1) is 30.5. The second-order valence-electron chi connectivity index (χ2n) is 16.1. The van der Waals surface area contributed by atoms with Gasteiger partial charge >= 0.3 is 5.97 Å². The average Bonchev–Trinajstić information content (AvgIpc) is 3.40. The zero-order valence-electron chi connectivity index (χ0n) is 36.2. The third-order valence-electron chi connectivity index (χ3n) is 12.4. The number of allylic oxidation sites excluding steroid dienone is 1. The SMILES string of the molecule is COc1c2c3c4c(c(NCC(=O)NCCN5CCOCC5)c(O)c5c(=O)cc(OC)c(c6c(OC)cc(NCCC(=O)OCCN7CCOCC7)c(c1=O)c63)c54)C=C(C)C2C(C)=O. The molecule has 2 saturated heterocycles. The molecule has 1 unspecified atom stereocenters. The first-order valence-electron chi connectivity index (χ1n) is 21.2. The van der Waals surface area contributed by atoms with Crippen LogP contribution >= 0.6 is 0 Å². The Morgan fingerprint density at radius 2 is 1.41 bits per heavy atom. The van der Waals surface area contributed by atoms with Gasteiger partial charge < -0.3 is 49.5 Å². The Morgan fingerprint density at radius 3 is 2.05 bits per heavy atom. The van der Waals surface area contributed by atoms with Crippen molar-refractivity contribution >= 4 is 78.2 Å². The summed E-state index contributed by atoms with van der Waals surface area (Å²) in [5.74, 6) is -2.05. The number of aromatic hydroxyl groups is 1. The molecule has 5 aromatic rings. The third-order valence-corrected chi connectivity index (χ3v) is 12.4. The predicted molar refractivity (Wildman–Crippen MR) is 240 cm³/mol. The molecule has 0 spiro atoms. The first kappa shape index (κ1) is 43.6. The van der Waals surface area contributed by atoms with Crippen LogP contribution in [-0.4, -0.2) is 146 Å². The van der Waals surface area contributed by atoms with Crippen molar-refractivity contribution in [3.63, 3.8) is 0 Å². The molecule has 0 saturated carbocycles. The lowest BCUT2D eigenvalue weighted by molar-refractivity contribution is -0.144. The molecule has 63 heavy (non-hydrogen) atoms. The molecule has 334 valence electrons. The average molecular weight is 868 g/mol. The van der Waals surface area contributed by atoms with Gasteiger partial charge in [0.15, 0.2) is 16.9 Å². The molecule has 17 nitrogen and oxygen atoms in total. The maximum absolute atomic E-state index is 15.0. The van der Waals surface area contributed by atoms with Gasteiger partial charge in [-0.25, -0.2) is 0 Å². The fraction of sp³-hybridized carbons (Fsp3) is 0.457. The van der Waals surface area contributed by atoms with E-state index in [4.69, 9.17) is 28.4 Å². The van der Waals surface area contributed by atoms with Crippen molar-refractivity contribution in [3.8, 4) is 23.0 Å². The number of esters is 1. The van der Waals surface area contributed by atoms with Crippen LogP contribution in [0.2, 0.25) is 0 Å². The summed E-state index contributed by atoms with van der Waals surface area (Å²) in [6.07, 6.45) is 1.74. The van der Waals surface area contributed by atoms with E-state index in [-0.39, 0.29) is 65.8 Å². The Bertz CT molecular complexity index is 2750. The van der Waals surface area contributed by atoms with Crippen LogP contribution in [0.5, 0.6) is 23.0 Å². The minimum Gasteiger partial charge on any atom is -0.505 e. The van der Waals surface area contributed by atoms with Crippen molar-refractivity contribution in [2.24, 2.45) is 0 Å². The summed E-state index contributed by atoms with van der Waals surface area (Å²) >= 11 is 0. The zero-order chi connectivity index (χ0) is 44.5. The van der Waals surface area contributed by atoms with Crippen LogP contribution in [0.1, 0.15) is 37.3 Å². The standard InChI is InChI=1S/C46H53N5O12/c1-24-20-26-34-39-36(44(56)43(26)49-23-31(54)48-8-9-50-10-15-61-16-11-50)28(53)22-30(59-4)38(39)37-29(58-3)21-27(47-7-6-32(55)63-19-14-51-12-17-62-18-13-51)35-41(37)40(34)42(33(24)25(2)52)46(60-5)45(35)57/h20-22,33,47,49,56H,6-19,23H2,1-5H3,(H,48,54). The van der Waals surface area contributed by atoms with E-state index >= 15 is 4.79 Å². The highest BCUT2D eigenvalue weighted by molar-refractivity contribution is 6.40. The lowest BCUT2D eigenvalue weighted by Gasteiger charge is -2.26. The van der Waals surface area contributed by atoms with Gasteiger partial charge in [-0.2, -0.15) is 0 Å². The topological polar surface area (TPSA) is 204 Å². The Hall–Kier alpha value is -6.01. The van der Waals surface area contributed by atoms with Gasteiger partial charge in [-0.3, -0.25) is 33.8 Å². The number of hydrogen-bond donors (Lipinski definition) is 4. The van der Waals surface area contributed by atoms with Crippen LogP contribution in [0.15, 0.2) is 27.3 Å². The number of amides is 1. The maximum Gasteiger partial charge on any atom is 0.307 e. The number of morpholine rings is 2. The van der Waals surface area contributed by atoms with Gasteiger partial charge in [-0.1, -0.05) is 11.6 Å². The summed E-state index contributed by atoms with van der Waals surface area (Å²) in [5.41, 5.74) is 0.565. The number of phenolic OH excluding ortho intramolecular Hbond substituents is 1. The molecular formula is C46H53N5O12. The fourth-order valence-corrected chi connectivity index (χ4v) is 9.50. The van der Waals surface area contributed by atoms with Gasteiger partial charge in [0.1, 0.15) is 23.9 Å². The Labute approximate surface area is 362 Å². The minimum absolute atomic E-state index is 0.0120. The number of benzene rings is 5. The van der Waals surface area contributed by atoms with Crippen LogP contribution in [0, 0.1) is 0 Å². The number of rotatable bonds is 17. The van der Waals surface area contributed by atoms with Crippen LogP contribution in [0.4, 0.5) is 11.4 Å². The number of phenols is 1. The molecule has 0 aromatic heterocycles. The van der Waals surface area contributed by atoms with Gasteiger partial charge in [0, 0.05) is 108 Å². The summed E-state index contributed by atoms with van der Waals surface area (Å²) in [6.45, 7) is 10.5. The van der Waals surface area contributed by atoms with E-state index in [1.807, 2.05) is 0 Å². The molecule has 3 aliphatic rings. The number of carbonyl (C=O) groups excluding carboxylic acids is 3. The number of fused-ring (bicyclic) bond motifs is 1. The lowest BCUT2D eigenvalue weighted by atomic mass is 9.80. The highest BCUT2D eigenvalue weighted by Gasteiger charge is 2.37. The molecule has 2 heterocycles. The highest BCUT2D eigenvalue weighted by atomic mass is 16.5. The largest absolute Gasteiger partial charge is 0.505 e. The molecule has 17 heteroatoms. The number of Topliss-reactive ketones (excluding diaryl/α,β-unsaturated/α-hetero) is 1. The van der Waals surface area contributed by atoms with Crippen molar-refractivity contribution in [2.45, 2.75) is 26.2 Å². The normalized spacial score (nSPS) is 17.0. The van der Waals surface area contributed by atoms with E-state index in [0.717, 1.165) is 26.2 Å². The summed E-state index contributed by atoms with van der Waals surface area (Å²) in [5, 5.41) is 24.0. The van der Waals surface area contributed by atoms with Gasteiger partial charge in [0.25, 0.3) is 0 Å². The number of hydrogen-bond acceptors (Lipinski definition) is 16. The summed E-state index contributed by atoms with van der Waals surface area (Å²) in [6, 6.07) is 2.92. The van der Waals surface area contributed by atoms with E-state index in [0.29, 0.717) is 107 Å². The van der Waals surface area contributed by atoms with Gasteiger partial charge in [0.05, 0.1) is 83.1 Å². The molecule has 2 aliphatic heterocycles. The number of carbonyl (C=O) groups is 3. The first-order valence-corrected chi connectivity index (χ1v) is 21.2. The predicted octanol–water partition coefficient (Wildman–Crippen LogP) is 3.25. The Kier molecular flexibility index (Phi) is 12.7. The monoisotopic (exact) mass is 867 g/mol. The smallest absolute Gasteiger partial charge is 0.307 e. The fourth-order valence-electron chi connectivity index (χ4n) is 9.50. The molecule has 4 N–H and O–H groups in total. The number of methoxy groups -OCH3 is 3. The molecule has 1 aliphatic carbocycles. The van der Waals surface area contributed by atoms with Crippen molar-refractivity contribution in [1.82, 2.24) is 15.1 Å². The molecule has 5 aromatic carbocycles. The number of nitrogens with zero attached hydrogens (tertiary/aromatic N) is 2. The van der Waals surface area contributed by atoms with Crippen LogP contribution < -0.4 is 41.0 Å². The molecule has 8 rings (SSSR count). The number of ether oxygens (including phenoxy) is 6. The second-order valence-corrected chi connectivity index (χ2v) is 16.1. The molecule has 0 radical (unpaired) electrons. The minimum atomic E-state index is -0.991. The molecule has 0 bridgehead atoms. The van der Waals surface area contributed by atoms with Gasteiger partial charge in [-0.15, -0.1) is 0 Å². The second kappa shape index (κ2) is 18.4. The van der Waals surface area contributed by atoms with Crippen LogP contribution in [0.25, 0.3) is 49.2 Å². The molecular weight excluding hydrogens is 815 g/mol. The Morgan fingerprint density at radius 1 is 0.778 bits per heavy atom. The third kappa shape index (κ3) is 7.98. The summed E-state index contributed by atoms with van der Waals surface area (Å²) < 4.78 is 34.3. The van der Waals surface area contributed by atoms with Crippen molar-refractivity contribution in [2.75, 3.05) is 124 Å². The van der Waals surface area contributed by atoms with Crippen molar-refractivity contribution < 1.29 is 47.9 Å². The van der Waals surface area contributed by atoms with E-state index in [1.165, 1.54) is 34.3 Å².